The number of likely N-dealkylation sites (tertiary alicyclic amines) is 1. The summed E-state index contributed by atoms with van der Waals surface area (Å²) in [5.74, 6) is -0.178. The summed E-state index contributed by atoms with van der Waals surface area (Å²) >= 11 is 0. The normalized spacial score (nSPS) is 16.0. The topological polar surface area (TPSA) is 141 Å². The summed E-state index contributed by atoms with van der Waals surface area (Å²) in [7, 11) is -3.68. The zero-order valence-corrected chi connectivity index (χ0v) is 25.2. The van der Waals surface area contributed by atoms with Crippen LogP contribution in [-0.2, 0) is 14.6 Å². The lowest BCUT2D eigenvalue weighted by Gasteiger charge is -2.32. The number of amides is 1. The first-order valence-corrected chi connectivity index (χ1v) is 15.8. The molecule has 0 saturated carbocycles. The van der Waals surface area contributed by atoms with E-state index in [4.69, 9.17) is 16.2 Å². The van der Waals surface area contributed by atoms with Crippen LogP contribution in [-0.4, -0.2) is 42.6 Å². The summed E-state index contributed by atoms with van der Waals surface area (Å²) < 4.78 is 47.8. The minimum atomic E-state index is -3.68. The number of nitrogens with one attached hydrogen (secondary N) is 1. The number of nitrogens with two attached hydrogens (primary N) is 2. The molecule has 1 saturated heterocycles. The van der Waals surface area contributed by atoms with Gasteiger partial charge in [0.1, 0.15) is 23.4 Å². The van der Waals surface area contributed by atoms with Crippen LogP contribution >= 0.6 is 0 Å². The molecule has 2 heterocycles. The lowest BCUT2D eigenvalue weighted by molar-refractivity contribution is -0.133. The summed E-state index contributed by atoms with van der Waals surface area (Å²) in [6.45, 7) is 5.80. The Bertz CT molecular complexity index is 1780. The first-order valence-electron chi connectivity index (χ1n) is 14.3. The number of sulfone groups is 1. The molecule has 5 N–H and O–H groups in total. The monoisotopic (exact) mass is 605 g/mol. The highest BCUT2D eigenvalue weighted by Gasteiger charge is 2.38. The number of nitrogen functional groups attached to an aromatic ring is 2. The van der Waals surface area contributed by atoms with Crippen LogP contribution < -0.4 is 21.5 Å². The number of hydrogen-bond donors (Lipinski definition) is 3. The van der Waals surface area contributed by atoms with Gasteiger partial charge in [0, 0.05) is 35.1 Å². The zero-order chi connectivity index (χ0) is 30.9. The van der Waals surface area contributed by atoms with Gasteiger partial charge in [-0.2, -0.15) is 0 Å². The second kappa shape index (κ2) is 12.1. The Hall–Kier alpha value is -4.38. The van der Waals surface area contributed by atoms with Gasteiger partial charge in [-0.15, -0.1) is 0 Å². The van der Waals surface area contributed by atoms with Gasteiger partial charge < -0.3 is 26.4 Å². The van der Waals surface area contributed by atoms with E-state index in [0.29, 0.717) is 54.5 Å². The molecule has 0 unspecified atom stereocenters. The van der Waals surface area contributed by atoms with Gasteiger partial charge in [0.2, 0.25) is 5.91 Å². The van der Waals surface area contributed by atoms with Gasteiger partial charge in [-0.3, -0.25) is 4.79 Å². The fourth-order valence-corrected chi connectivity index (χ4v) is 6.88. The third kappa shape index (κ3) is 5.94. The molecule has 2 atom stereocenters. The van der Waals surface area contributed by atoms with Crippen molar-refractivity contribution in [2.24, 2.45) is 0 Å². The molecule has 3 aromatic carbocycles. The standard InChI is InChI=1S/C32H36FN5O4S/c1-4-42-23-9-11-27(33)25(18-23)30(37-22-8-10-24-20(16-22)13-14-36-31(24)35)32(39)38-15-5-6-28(38)26-17-21(34)7-12-29(26)43(40,41)19(2)3/h7-14,16-19,28,30,37H,4-6,15,34H2,1-3H3,(H2,35,36)/t28-,30+/m1/s1. The van der Waals surface area contributed by atoms with Crippen molar-refractivity contribution in [1.29, 1.82) is 0 Å². The summed E-state index contributed by atoms with van der Waals surface area (Å²) in [6.07, 6.45) is 2.77. The summed E-state index contributed by atoms with van der Waals surface area (Å²) in [6, 6.07) is 14.5. The van der Waals surface area contributed by atoms with Crippen molar-refractivity contribution >= 4 is 43.7 Å². The molecule has 9 nitrogen and oxygen atoms in total. The molecule has 1 aliphatic heterocycles. The molecule has 5 rings (SSSR count). The van der Waals surface area contributed by atoms with E-state index < -0.39 is 38.9 Å². The van der Waals surface area contributed by atoms with Gasteiger partial charge in [-0.05, 0) is 105 Å². The predicted octanol–water partition coefficient (Wildman–Crippen LogP) is 5.64. The highest BCUT2D eigenvalue weighted by Crippen LogP contribution is 2.40. The first kappa shape index (κ1) is 30.1. The van der Waals surface area contributed by atoms with Gasteiger partial charge in [0.15, 0.2) is 9.84 Å². The van der Waals surface area contributed by atoms with Crippen molar-refractivity contribution in [3.05, 3.63) is 83.8 Å². The van der Waals surface area contributed by atoms with E-state index in [0.717, 1.165) is 10.8 Å². The molecule has 0 bridgehead atoms. The molecule has 43 heavy (non-hydrogen) atoms. The maximum atomic E-state index is 15.5. The Morgan fingerprint density at radius 2 is 1.91 bits per heavy atom. The second-order valence-corrected chi connectivity index (χ2v) is 13.4. The average Bonchev–Trinajstić information content (AvgIpc) is 3.47. The third-order valence-electron chi connectivity index (χ3n) is 7.80. The highest BCUT2D eigenvalue weighted by molar-refractivity contribution is 7.92. The molecular weight excluding hydrogens is 569 g/mol. The van der Waals surface area contributed by atoms with Crippen LogP contribution in [0.5, 0.6) is 5.75 Å². The molecule has 1 aromatic heterocycles. The molecule has 226 valence electrons. The lowest BCUT2D eigenvalue weighted by Crippen LogP contribution is -2.38. The number of carbonyl (C=O) groups is 1. The zero-order valence-electron chi connectivity index (χ0n) is 24.4. The van der Waals surface area contributed by atoms with E-state index in [2.05, 4.69) is 10.3 Å². The molecule has 11 heteroatoms. The highest BCUT2D eigenvalue weighted by atomic mass is 32.2. The SMILES string of the molecule is CCOc1ccc(F)c([C@H](Nc2ccc3c(N)nccc3c2)C(=O)N2CCC[C@@H]2c2cc(N)ccc2S(=O)(=O)C(C)C)c1. The molecule has 0 aliphatic carbocycles. The van der Waals surface area contributed by atoms with Crippen LogP contribution in [0.25, 0.3) is 10.8 Å². The Morgan fingerprint density at radius 3 is 2.65 bits per heavy atom. The number of carbonyl (C=O) groups excluding carboxylic acids is 1. The minimum absolute atomic E-state index is 0.110. The van der Waals surface area contributed by atoms with Crippen LogP contribution in [0.2, 0.25) is 0 Å². The predicted molar refractivity (Wildman–Crippen MR) is 167 cm³/mol. The lowest BCUT2D eigenvalue weighted by atomic mass is 10.00. The summed E-state index contributed by atoms with van der Waals surface area (Å²) in [5.41, 5.74) is 13.7. The van der Waals surface area contributed by atoms with Gasteiger partial charge in [-0.1, -0.05) is 0 Å². The van der Waals surface area contributed by atoms with Crippen molar-refractivity contribution in [2.45, 2.75) is 55.8 Å². The molecular formula is C32H36FN5O4S. The summed E-state index contributed by atoms with van der Waals surface area (Å²) in [5, 5.41) is 4.14. The Labute approximate surface area is 251 Å². The van der Waals surface area contributed by atoms with E-state index >= 15 is 4.39 Å². The van der Waals surface area contributed by atoms with Crippen LogP contribution in [0.15, 0.2) is 71.8 Å². The largest absolute Gasteiger partial charge is 0.494 e. The number of halogens is 1. The van der Waals surface area contributed by atoms with Crippen LogP contribution in [0.1, 0.15) is 56.8 Å². The van der Waals surface area contributed by atoms with Crippen molar-refractivity contribution in [3.8, 4) is 5.75 Å². The molecule has 1 amide bonds. The van der Waals surface area contributed by atoms with Crippen molar-refractivity contribution < 1.29 is 22.3 Å². The maximum Gasteiger partial charge on any atom is 0.250 e. The van der Waals surface area contributed by atoms with E-state index in [9.17, 15) is 13.2 Å². The molecule has 1 aliphatic rings. The quantitative estimate of drug-likeness (QED) is 0.208. The molecule has 0 spiro atoms. The number of benzene rings is 3. The minimum Gasteiger partial charge on any atom is -0.494 e. The maximum absolute atomic E-state index is 15.5. The Kier molecular flexibility index (Phi) is 8.45. The number of fused-ring (bicyclic) bond motifs is 1. The van der Waals surface area contributed by atoms with Crippen molar-refractivity contribution in [2.75, 3.05) is 29.9 Å². The van der Waals surface area contributed by atoms with Crippen LogP contribution in [0.3, 0.4) is 0 Å². The fraction of sp³-hybridized carbons (Fsp3) is 0.312. The van der Waals surface area contributed by atoms with E-state index in [1.807, 2.05) is 13.0 Å². The van der Waals surface area contributed by atoms with Crippen molar-refractivity contribution in [3.63, 3.8) is 0 Å². The van der Waals surface area contributed by atoms with E-state index in [1.165, 1.54) is 24.3 Å². The average molecular weight is 606 g/mol. The Morgan fingerprint density at radius 1 is 1.12 bits per heavy atom. The third-order valence-corrected chi connectivity index (χ3v) is 10.0. The number of hydrogen-bond acceptors (Lipinski definition) is 8. The Balaban J connectivity index is 1.59. The number of anilines is 3. The van der Waals surface area contributed by atoms with Gasteiger partial charge in [0.25, 0.3) is 0 Å². The number of ether oxygens (including phenoxy) is 1. The summed E-state index contributed by atoms with van der Waals surface area (Å²) in [4.78, 5) is 20.4. The number of aromatic nitrogens is 1. The van der Waals surface area contributed by atoms with Crippen molar-refractivity contribution in [1.82, 2.24) is 9.88 Å². The molecule has 1 fully saturated rings. The molecule has 4 aromatic rings. The van der Waals surface area contributed by atoms with Crippen LogP contribution in [0.4, 0.5) is 21.6 Å². The second-order valence-electron chi connectivity index (χ2n) is 10.9. The van der Waals surface area contributed by atoms with Gasteiger partial charge in [-0.25, -0.2) is 17.8 Å². The van der Waals surface area contributed by atoms with Gasteiger partial charge in [0.05, 0.1) is 22.8 Å². The number of rotatable bonds is 9. The smallest absolute Gasteiger partial charge is 0.250 e. The first-order chi connectivity index (χ1) is 20.5. The van der Waals surface area contributed by atoms with Crippen LogP contribution in [0, 0.1) is 5.82 Å². The van der Waals surface area contributed by atoms with E-state index in [-0.39, 0.29) is 10.5 Å². The molecule has 0 radical (unpaired) electrons. The van der Waals surface area contributed by atoms with Gasteiger partial charge >= 0.3 is 0 Å². The number of pyridine rings is 1. The van der Waals surface area contributed by atoms with E-state index in [1.54, 1.807) is 55.3 Å². The number of nitrogens with zero attached hydrogens (tertiary/aromatic N) is 2. The fourth-order valence-electron chi connectivity index (χ4n) is 5.59.